The summed E-state index contributed by atoms with van der Waals surface area (Å²) in [7, 11) is 1.31. The van der Waals surface area contributed by atoms with E-state index in [0.717, 1.165) is 25.9 Å². The van der Waals surface area contributed by atoms with Crippen molar-refractivity contribution >= 4 is 30.0 Å². The van der Waals surface area contributed by atoms with E-state index in [1.807, 2.05) is 0 Å². The number of nitrogens with one attached hydrogen (secondary N) is 2. The van der Waals surface area contributed by atoms with Crippen molar-refractivity contribution in [1.82, 2.24) is 5.32 Å². The van der Waals surface area contributed by atoms with Crippen LogP contribution in [0, 0.1) is 5.92 Å². The van der Waals surface area contributed by atoms with Gasteiger partial charge in [0.15, 0.2) is 6.61 Å². The first kappa shape index (κ1) is 19.3. The molecule has 1 aromatic rings. The van der Waals surface area contributed by atoms with Crippen LogP contribution < -0.4 is 15.4 Å². The Bertz CT molecular complexity index is 519. The second-order valence-electron chi connectivity index (χ2n) is 5.34. The van der Waals surface area contributed by atoms with Crippen LogP contribution in [0.4, 0.5) is 5.69 Å². The van der Waals surface area contributed by atoms with Crippen LogP contribution in [0.2, 0.25) is 0 Å². The zero-order valence-corrected chi connectivity index (χ0v) is 14.0. The highest BCUT2D eigenvalue weighted by atomic mass is 35.5. The number of hydrogen-bond acceptors (Lipinski definition) is 5. The van der Waals surface area contributed by atoms with Gasteiger partial charge in [0.2, 0.25) is 5.91 Å². The SMILES string of the molecule is COC(=O)COc1cccc(NC(=O)CCC2CCNC2)c1.Cl. The molecule has 6 nitrogen and oxygen atoms in total. The maximum Gasteiger partial charge on any atom is 0.343 e. The van der Waals surface area contributed by atoms with Gasteiger partial charge in [-0.1, -0.05) is 6.07 Å². The van der Waals surface area contributed by atoms with Crippen LogP contribution in [-0.2, 0) is 14.3 Å². The van der Waals surface area contributed by atoms with Gasteiger partial charge in [-0.15, -0.1) is 12.4 Å². The van der Waals surface area contributed by atoms with Gasteiger partial charge in [-0.2, -0.15) is 0 Å². The molecule has 1 aliphatic heterocycles. The lowest BCUT2D eigenvalue weighted by Crippen LogP contribution is -2.15. The summed E-state index contributed by atoms with van der Waals surface area (Å²) in [5.74, 6) is 0.667. The number of methoxy groups -OCH3 is 1. The van der Waals surface area contributed by atoms with E-state index in [4.69, 9.17) is 4.74 Å². The normalized spacial score (nSPS) is 16.3. The van der Waals surface area contributed by atoms with E-state index >= 15 is 0 Å². The number of carbonyl (C=O) groups is 2. The first-order valence-electron chi connectivity index (χ1n) is 7.47. The molecule has 2 rings (SSSR count). The van der Waals surface area contributed by atoms with Crippen LogP contribution in [0.3, 0.4) is 0 Å². The monoisotopic (exact) mass is 342 g/mol. The second kappa shape index (κ2) is 10.1. The van der Waals surface area contributed by atoms with Crippen molar-refractivity contribution in [3.63, 3.8) is 0 Å². The third-order valence-corrected chi connectivity index (χ3v) is 3.64. The second-order valence-corrected chi connectivity index (χ2v) is 5.34. The number of benzene rings is 1. The van der Waals surface area contributed by atoms with Gasteiger partial charge in [-0.25, -0.2) is 4.79 Å². The van der Waals surface area contributed by atoms with Gasteiger partial charge >= 0.3 is 5.97 Å². The third kappa shape index (κ3) is 6.88. The van der Waals surface area contributed by atoms with Crippen molar-refractivity contribution in [2.45, 2.75) is 19.3 Å². The molecule has 0 spiro atoms. The summed E-state index contributed by atoms with van der Waals surface area (Å²) in [5.41, 5.74) is 0.664. The van der Waals surface area contributed by atoms with Crippen molar-refractivity contribution in [3.8, 4) is 5.75 Å². The van der Waals surface area contributed by atoms with E-state index in [-0.39, 0.29) is 24.9 Å². The summed E-state index contributed by atoms with van der Waals surface area (Å²) >= 11 is 0. The number of halogens is 1. The summed E-state index contributed by atoms with van der Waals surface area (Å²) in [4.78, 5) is 23.0. The third-order valence-electron chi connectivity index (χ3n) is 3.64. The first-order chi connectivity index (χ1) is 10.7. The number of amides is 1. The topological polar surface area (TPSA) is 76.7 Å². The molecule has 2 N–H and O–H groups in total. The molecule has 1 aromatic carbocycles. The van der Waals surface area contributed by atoms with Crippen LogP contribution in [0.5, 0.6) is 5.75 Å². The fourth-order valence-corrected chi connectivity index (χ4v) is 2.38. The standard InChI is InChI=1S/C16H22N2O4.ClH/c1-21-16(20)11-22-14-4-2-3-13(9-14)18-15(19)6-5-12-7-8-17-10-12;/h2-4,9,12,17H,5-8,10-11H2,1H3,(H,18,19);1H. The maximum absolute atomic E-state index is 11.9. The molecule has 1 heterocycles. The van der Waals surface area contributed by atoms with E-state index in [9.17, 15) is 9.59 Å². The Labute approximate surface area is 142 Å². The molecule has 0 aliphatic carbocycles. The van der Waals surface area contributed by atoms with E-state index in [1.54, 1.807) is 24.3 Å². The van der Waals surface area contributed by atoms with Gasteiger partial charge in [-0.3, -0.25) is 4.79 Å². The van der Waals surface area contributed by atoms with E-state index in [0.29, 0.717) is 23.8 Å². The Hall–Kier alpha value is -1.79. The Morgan fingerprint density at radius 1 is 1.39 bits per heavy atom. The van der Waals surface area contributed by atoms with E-state index in [1.165, 1.54) is 7.11 Å². The van der Waals surface area contributed by atoms with Crippen LogP contribution >= 0.6 is 12.4 Å². The van der Waals surface area contributed by atoms with E-state index < -0.39 is 5.97 Å². The van der Waals surface area contributed by atoms with Crippen LogP contribution in [0.1, 0.15) is 19.3 Å². The van der Waals surface area contributed by atoms with E-state index in [2.05, 4.69) is 15.4 Å². The average molecular weight is 343 g/mol. The predicted octanol–water partition coefficient (Wildman–Crippen LogP) is 1.99. The summed E-state index contributed by atoms with van der Waals surface area (Å²) in [6.07, 6.45) is 2.56. The van der Waals surface area contributed by atoms with Gasteiger partial charge in [0.05, 0.1) is 7.11 Å². The quantitative estimate of drug-likeness (QED) is 0.741. The molecule has 1 saturated heterocycles. The van der Waals surface area contributed by atoms with Gasteiger partial charge in [-0.05, 0) is 44.0 Å². The van der Waals surface area contributed by atoms with Crippen molar-refractivity contribution in [3.05, 3.63) is 24.3 Å². The van der Waals surface area contributed by atoms with Gasteiger partial charge in [0.1, 0.15) is 5.75 Å². The predicted molar refractivity (Wildman–Crippen MR) is 90.0 cm³/mol. The Morgan fingerprint density at radius 3 is 2.91 bits per heavy atom. The Morgan fingerprint density at radius 2 is 2.22 bits per heavy atom. The Kier molecular flexibility index (Phi) is 8.43. The van der Waals surface area contributed by atoms with Crippen molar-refractivity contribution < 1.29 is 19.1 Å². The number of hydrogen-bond donors (Lipinski definition) is 2. The lowest BCUT2D eigenvalue weighted by molar-refractivity contribution is -0.142. The van der Waals surface area contributed by atoms with Crippen LogP contribution in [-0.4, -0.2) is 38.7 Å². The van der Waals surface area contributed by atoms with Gasteiger partial charge in [0.25, 0.3) is 0 Å². The van der Waals surface area contributed by atoms with Crippen LogP contribution in [0.15, 0.2) is 24.3 Å². The number of anilines is 1. The molecule has 0 bridgehead atoms. The molecule has 1 amide bonds. The minimum absolute atomic E-state index is 0. The molecule has 0 saturated carbocycles. The molecule has 1 fully saturated rings. The highest BCUT2D eigenvalue weighted by Crippen LogP contribution is 2.19. The lowest BCUT2D eigenvalue weighted by atomic mass is 10.0. The van der Waals surface area contributed by atoms with Gasteiger partial charge in [0, 0.05) is 18.2 Å². The maximum atomic E-state index is 11.9. The molecular formula is C16H23ClN2O4. The molecular weight excluding hydrogens is 320 g/mol. The molecule has 1 unspecified atom stereocenters. The highest BCUT2D eigenvalue weighted by molar-refractivity contribution is 5.90. The molecule has 128 valence electrons. The Balaban J connectivity index is 0.00000264. The molecule has 0 radical (unpaired) electrons. The lowest BCUT2D eigenvalue weighted by Gasteiger charge is -2.10. The van der Waals surface area contributed by atoms with Gasteiger partial charge < -0.3 is 20.1 Å². The molecule has 7 heteroatoms. The molecule has 0 aromatic heterocycles. The summed E-state index contributed by atoms with van der Waals surface area (Å²) in [6.45, 7) is 1.90. The zero-order chi connectivity index (χ0) is 15.8. The van der Waals surface area contributed by atoms with Crippen molar-refractivity contribution in [1.29, 1.82) is 0 Å². The minimum Gasteiger partial charge on any atom is -0.482 e. The number of ether oxygens (including phenoxy) is 2. The zero-order valence-electron chi connectivity index (χ0n) is 13.2. The fourth-order valence-electron chi connectivity index (χ4n) is 2.38. The van der Waals surface area contributed by atoms with Crippen molar-refractivity contribution in [2.24, 2.45) is 5.92 Å². The summed E-state index contributed by atoms with van der Waals surface area (Å²) in [6, 6.07) is 6.98. The van der Waals surface area contributed by atoms with Crippen LogP contribution in [0.25, 0.3) is 0 Å². The summed E-state index contributed by atoms with van der Waals surface area (Å²) < 4.78 is 9.80. The smallest absolute Gasteiger partial charge is 0.343 e. The summed E-state index contributed by atoms with van der Waals surface area (Å²) in [5, 5.41) is 6.15. The molecule has 1 atom stereocenters. The number of esters is 1. The first-order valence-corrected chi connectivity index (χ1v) is 7.47. The average Bonchev–Trinajstić information content (AvgIpc) is 3.04. The number of carbonyl (C=O) groups excluding carboxylic acids is 2. The highest BCUT2D eigenvalue weighted by Gasteiger charge is 2.15. The largest absolute Gasteiger partial charge is 0.482 e. The fraction of sp³-hybridized carbons (Fsp3) is 0.500. The molecule has 23 heavy (non-hydrogen) atoms. The molecule has 1 aliphatic rings. The number of rotatable bonds is 7. The van der Waals surface area contributed by atoms with Crippen molar-refractivity contribution in [2.75, 3.05) is 32.1 Å². The minimum atomic E-state index is -0.445.